The van der Waals surface area contributed by atoms with Crippen molar-refractivity contribution in [2.24, 2.45) is 11.8 Å². The number of carbonyl (C=O) groups is 4. The standard InChI is InChI=1S/C33H50N4O7/c1-31(2,3)34-27(38)21-17-22(20-35(19-21)30(41)44-32(4,5)6)28(39)37(23-11-12-23)24-13-14-26-25(18-24)36(15-10-16-42-9)29(40)33(7,8)43-26/h13-14,18,21-23H,10-12,15-17,19-20H2,1-9H3,(H,34,38). The first-order valence-corrected chi connectivity index (χ1v) is 15.7. The smallest absolute Gasteiger partial charge is 0.410 e. The van der Waals surface area contributed by atoms with E-state index in [2.05, 4.69) is 5.32 Å². The Bertz CT molecular complexity index is 1230. The molecule has 0 radical (unpaired) electrons. The number of amides is 4. The summed E-state index contributed by atoms with van der Waals surface area (Å²) in [5.74, 6) is -1.11. The number of ether oxygens (including phenoxy) is 3. The molecule has 1 aliphatic carbocycles. The van der Waals surface area contributed by atoms with Crippen LogP contribution in [0.15, 0.2) is 18.2 Å². The summed E-state index contributed by atoms with van der Waals surface area (Å²) in [6.07, 6.45) is 2.11. The number of piperidine rings is 1. The molecule has 44 heavy (non-hydrogen) atoms. The highest BCUT2D eigenvalue weighted by molar-refractivity contribution is 6.04. The van der Waals surface area contributed by atoms with Gasteiger partial charge in [0.05, 0.1) is 17.5 Å². The van der Waals surface area contributed by atoms with Crippen LogP contribution in [0.2, 0.25) is 0 Å². The van der Waals surface area contributed by atoms with Crippen molar-refractivity contribution < 1.29 is 33.4 Å². The fourth-order valence-corrected chi connectivity index (χ4v) is 5.76. The van der Waals surface area contributed by atoms with Gasteiger partial charge in [0.25, 0.3) is 5.91 Å². The van der Waals surface area contributed by atoms with Gasteiger partial charge in [-0.25, -0.2) is 4.79 Å². The lowest BCUT2D eigenvalue weighted by Crippen LogP contribution is -2.55. The van der Waals surface area contributed by atoms with Gasteiger partial charge in [-0.3, -0.25) is 14.4 Å². The lowest BCUT2D eigenvalue weighted by Gasteiger charge is -2.41. The zero-order valence-electron chi connectivity index (χ0n) is 27.8. The molecule has 2 atom stereocenters. The molecule has 244 valence electrons. The maximum Gasteiger partial charge on any atom is 0.410 e. The number of fused-ring (bicyclic) bond motifs is 1. The fraction of sp³-hybridized carbons (Fsp3) is 0.697. The molecule has 3 aliphatic rings. The highest BCUT2D eigenvalue weighted by atomic mass is 16.6. The summed E-state index contributed by atoms with van der Waals surface area (Å²) in [7, 11) is 1.63. The van der Waals surface area contributed by atoms with Crippen molar-refractivity contribution in [3.05, 3.63) is 18.2 Å². The van der Waals surface area contributed by atoms with E-state index in [4.69, 9.17) is 14.2 Å². The number of likely N-dealkylation sites (tertiary alicyclic amines) is 1. The summed E-state index contributed by atoms with van der Waals surface area (Å²) < 4.78 is 17.0. The molecule has 1 aromatic rings. The zero-order chi connectivity index (χ0) is 32.6. The predicted octanol–water partition coefficient (Wildman–Crippen LogP) is 4.51. The molecule has 2 heterocycles. The highest BCUT2D eigenvalue weighted by Gasteiger charge is 2.45. The molecular formula is C33H50N4O7. The molecule has 4 rings (SSSR count). The Morgan fingerprint density at radius 3 is 2.32 bits per heavy atom. The number of carbonyl (C=O) groups excluding carboxylic acids is 4. The van der Waals surface area contributed by atoms with Crippen LogP contribution in [-0.2, 0) is 23.9 Å². The molecule has 2 unspecified atom stereocenters. The number of benzene rings is 1. The van der Waals surface area contributed by atoms with Crippen LogP contribution < -0.4 is 19.9 Å². The van der Waals surface area contributed by atoms with Crippen LogP contribution in [0.5, 0.6) is 5.75 Å². The average molecular weight is 615 g/mol. The van der Waals surface area contributed by atoms with E-state index < -0.39 is 34.7 Å². The Hall–Kier alpha value is -3.34. The van der Waals surface area contributed by atoms with Crippen molar-refractivity contribution in [1.82, 2.24) is 10.2 Å². The second kappa shape index (κ2) is 12.6. The number of hydrogen-bond donors (Lipinski definition) is 1. The molecule has 1 N–H and O–H groups in total. The van der Waals surface area contributed by atoms with Crippen LogP contribution in [0, 0.1) is 11.8 Å². The SMILES string of the molecule is COCCCN1C(=O)C(C)(C)Oc2ccc(N(C(=O)C3CC(C(=O)NC(C)(C)C)CN(C(=O)OC(C)(C)C)C3)C3CC3)cc21. The van der Waals surface area contributed by atoms with E-state index in [-0.39, 0.29) is 36.9 Å². The zero-order valence-corrected chi connectivity index (χ0v) is 27.8. The minimum Gasteiger partial charge on any atom is -0.476 e. The summed E-state index contributed by atoms with van der Waals surface area (Å²) in [5, 5.41) is 3.02. The third-order valence-corrected chi connectivity index (χ3v) is 7.84. The second-order valence-corrected chi connectivity index (χ2v) is 14.8. The van der Waals surface area contributed by atoms with Gasteiger partial charge in [0.2, 0.25) is 11.8 Å². The average Bonchev–Trinajstić information content (AvgIpc) is 3.74. The Balaban J connectivity index is 1.65. The number of methoxy groups -OCH3 is 1. The number of nitrogens with one attached hydrogen (secondary N) is 1. The minimum absolute atomic E-state index is 0.00195. The van der Waals surface area contributed by atoms with Gasteiger partial charge in [0.1, 0.15) is 11.4 Å². The van der Waals surface area contributed by atoms with Crippen molar-refractivity contribution in [2.45, 2.75) is 104 Å². The molecule has 1 saturated heterocycles. The molecule has 0 spiro atoms. The quantitative estimate of drug-likeness (QED) is 0.428. The van der Waals surface area contributed by atoms with Gasteiger partial charge in [-0.1, -0.05) is 0 Å². The third kappa shape index (κ3) is 8.02. The van der Waals surface area contributed by atoms with Gasteiger partial charge in [-0.15, -0.1) is 0 Å². The summed E-state index contributed by atoms with van der Waals surface area (Å²) in [6, 6.07) is 5.52. The fourth-order valence-electron chi connectivity index (χ4n) is 5.76. The molecular weight excluding hydrogens is 564 g/mol. The van der Waals surface area contributed by atoms with Gasteiger partial charge in [0, 0.05) is 50.6 Å². The van der Waals surface area contributed by atoms with Crippen LogP contribution in [0.4, 0.5) is 16.2 Å². The van der Waals surface area contributed by atoms with Crippen LogP contribution in [0.1, 0.15) is 81.1 Å². The second-order valence-electron chi connectivity index (χ2n) is 14.8. The molecule has 2 fully saturated rings. The number of nitrogens with zero attached hydrogens (tertiary/aromatic N) is 3. The van der Waals surface area contributed by atoms with Gasteiger partial charge >= 0.3 is 6.09 Å². The summed E-state index contributed by atoms with van der Waals surface area (Å²) in [6.45, 7) is 15.9. The van der Waals surface area contributed by atoms with E-state index >= 15 is 0 Å². The van der Waals surface area contributed by atoms with Crippen LogP contribution in [0.3, 0.4) is 0 Å². The third-order valence-electron chi connectivity index (χ3n) is 7.84. The van der Waals surface area contributed by atoms with E-state index in [0.29, 0.717) is 43.1 Å². The van der Waals surface area contributed by atoms with E-state index in [9.17, 15) is 19.2 Å². The van der Waals surface area contributed by atoms with Crippen LogP contribution in [0.25, 0.3) is 0 Å². The van der Waals surface area contributed by atoms with Gasteiger partial charge in [-0.2, -0.15) is 0 Å². The van der Waals surface area contributed by atoms with E-state index in [0.717, 1.165) is 12.8 Å². The van der Waals surface area contributed by atoms with Crippen LogP contribution >= 0.6 is 0 Å². The molecule has 1 saturated carbocycles. The van der Waals surface area contributed by atoms with Crippen molar-refractivity contribution in [3.8, 4) is 5.75 Å². The number of rotatable bonds is 8. The predicted molar refractivity (Wildman–Crippen MR) is 168 cm³/mol. The lowest BCUT2D eigenvalue weighted by molar-refractivity contribution is -0.133. The summed E-state index contributed by atoms with van der Waals surface area (Å²) in [4.78, 5) is 59.3. The van der Waals surface area contributed by atoms with E-state index in [1.165, 1.54) is 4.90 Å². The summed E-state index contributed by atoms with van der Waals surface area (Å²) >= 11 is 0. The topological polar surface area (TPSA) is 118 Å². The maximum atomic E-state index is 14.4. The minimum atomic E-state index is -1.02. The van der Waals surface area contributed by atoms with Crippen LogP contribution in [-0.4, -0.2) is 84.8 Å². The van der Waals surface area contributed by atoms with E-state index in [1.54, 1.807) is 51.5 Å². The Labute approximate surface area is 261 Å². The van der Waals surface area contributed by atoms with Crippen molar-refractivity contribution >= 4 is 35.2 Å². The van der Waals surface area contributed by atoms with Crippen molar-refractivity contribution in [1.29, 1.82) is 0 Å². The lowest BCUT2D eigenvalue weighted by atomic mass is 9.87. The van der Waals surface area contributed by atoms with Crippen molar-refractivity contribution in [2.75, 3.05) is 43.2 Å². The molecule has 4 amide bonds. The first-order valence-electron chi connectivity index (χ1n) is 15.7. The molecule has 2 aliphatic heterocycles. The Morgan fingerprint density at radius 2 is 1.73 bits per heavy atom. The monoisotopic (exact) mass is 614 g/mol. The molecule has 0 aromatic heterocycles. The molecule has 11 heteroatoms. The maximum absolute atomic E-state index is 14.4. The van der Waals surface area contributed by atoms with Crippen molar-refractivity contribution in [3.63, 3.8) is 0 Å². The van der Waals surface area contributed by atoms with Gasteiger partial charge in [-0.05, 0) is 99.3 Å². The first-order chi connectivity index (χ1) is 20.4. The molecule has 11 nitrogen and oxygen atoms in total. The van der Waals surface area contributed by atoms with E-state index in [1.807, 2.05) is 39.0 Å². The van der Waals surface area contributed by atoms with Gasteiger partial charge in [0.15, 0.2) is 5.60 Å². The Morgan fingerprint density at radius 1 is 1.07 bits per heavy atom. The van der Waals surface area contributed by atoms with Gasteiger partial charge < -0.3 is 34.2 Å². The largest absolute Gasteiger partial charge is 0.476 e. The first kappa shape index (κ1) is 33.6. The number of anilines is 2. The normalized spacial score (nSPS) is 21.7. The summed E-state index contributed by atoms with van der Waals surface area (Å²) in [5.41, 5.74) is -0.929. The highest BCUT2D eigenvalue weighted by Crippen LogP contribution is 2.43. The Kier molecular flexibility index (Phi) is 9.59. The molecule has 0 bridgehead atoms. The number of hydrogen-bond acceptors (Lipinski definition) is 7. The molecule has 1 aromatic carbocycles.